The zero-order chi connectivity index (χ0) is 15.1. The molecule has 0 radical (unpaired) electrons. The van der Waals surface area contributed by atoms with Crippen LogP contribution in [-0.2, 0) is 0 Å². The van der Waals surface area contributed by atoms with E-state index in [1.54, 1.807) is 50.2 Å². The number of nitrogens with zero attached hydrogens (tertiary/aromatic N) is 1. The van der Waals surface area contributed by atoms with Gasteiger partial charge in [0.1, 0.15) is 5.75 Å². The van der Waals surface area contributed by atoms with Crippen LogP contribution in [0.25, 0.3) is 0 Å². The Morgan fingerprint density at radius 2 is 1.43 bits per heavy atom. The Bertz CT molecular complexity index is 712. The highest BCUT2D eigenvalue weighted by molar-refractivity contribution is 7.98. The lowest BCUT2D eigenvalue weighted by atomic mass is 10.1. The average Bonchev–Trinajstić information content (AvgIpc) is 2.70. The van der Waals surface area contributed by atoms with Crippen LogP contribution in [0.3, 0.4) is 0 Å². The van der Waals surface area contributed by atoms with Gasteiger partial charge in [0.05, 0.1) is 11.1 Å². The van der Waals surface area contributed by atoms with Crippen LogP contribution in [0.2, 0.25) is 0 Å². The summed E-state index contributed by atoms with van der Waals surface area (Å²) in [4.78, 5) is 25.3. The number of fused-ring (bicyclic) bond motifs is 1. The third-order valence-corrected chi connectivity index (χ3v) is 4.38. The Labute approximate surface area is 126 Å². The highest BCUT2D eigenvalue weighted by Gasteiger charge is 2.36. The van der Waals surface area contributed by atoms with Gasteiger partial charge in [0.15, 0.2) is 0 Å². The molecule has 2 amide bonds. The molecule has 0 spiro atoms. The zero-order valence-corrected chi connectivity index (χ0v) is 12.4. The van der Waals surface area contributed by atoms with Crippen molar-refractivity contribution in [2.75, 3.05) is 0 Å². The Balaban J connectivity index is 1.94. The summed E-state index contributed by atoms with van der Waals surface area (Å²) in [5.41, 5.74) is 2.30. The number of carbonyl (C=O) groups is 2. The molecule has 1 aliphatic rings. The van der Waals surface area contributed by atoms with Gasteiger partial charge in [-0.25, -0.2) is 4.31 Å². The van der Waals surface area contributed by atoms with Crippen molar-refractivity contribution in [2.24, 2.45) is 0 Å². The molecule has 21 heavy (non-hydrogen) atoms. The van der Waals surface area contributed by atoms with Crippen molar-refractivity contribution in [1.29, 1.82) is 0 Å². The number of hydrogen-bond donors (Lipinski definition) is 1. The number of aromatic hydroxyl groups is 1. The average molecular weight is 299 g/mol. The molecule has 1 aliphatic heterocycles. The van der Waals surface area contributed by atoms with Gasteiger partial charge >= 0.3 is 0 Å². The predicted octanol–water partition coefficient (Wildman–Crippen LogP) is 3.31. The summed E-state index contributed by atoms with van der Waals surface area (Å²) in [6.07, 6.45) is 0. The van der Waals surface area contributed by atoms with Gasteiger partial charge in [0, 0.05) is 4.90 Å². The molecule has 0 bridgehead atoms. The van der Waals surface area contributed by atoms with Crippen molar-refractivity contribution in [2.45, 2.75) is 18.7 Å². The summed E-state index contributed by atoms with van der Waals surface area (Å²) >= 11 is 1.08. The maximum Gasteiger partial charge on any atom is 0.272 e. The van der Waals surface area contributed by atoms with E-state index in [4.69, 9.17) is 0 Å². The third-order valence-electron chi connectivity index (χ3n) is 3.42. The molecule has 1 heterocycles. The topological polar surface area (TPSA) is 57.6 Å². The molecule has 0 saturated carbocycles. The molecule has 0 aliphatic carbocycles. The quantitative estimate of drug-likeness (QED) is 0.683. The normalized spacial score (nSPS) is 13.7. The minimum Gasteiger partial charge on any atom is -0.507 e. The van der Waals surface area contributed by atoms with E-state index >= 15 is 0 Å². The summed E-state index contributed by atoms with van der Waals surface area (Å²) in [5.74, 6) is -0.366. The van der Waals surface area contributed by atoms with Gasteiger partial charge in [0.2, 0.25) is 0 Å². The lowest BCUT2D eigenvalue weighted by Crippen LogP contribution is -2.21. The molecule has 0 atom stereocenters. The Morgan fingerprint density at radius 3 is 1.90 bits per heavy atom. The number of phenols is 1. The molecule has 3 rings (SSSR count). The van der Waals surface area contributed by atoms with Crippen LogP contribution in [0, 0.1) is 13.8 Å². The summed E-state index contributed by atoms with van der Waals surface area (Å²) in [7, 11) is 0. The largest absolute Gasteiger partial charge is 0.507 e. The van der Waals surface area contributed by atoms with Crippen molar-refractivity contribution in [3.8, 4) is 5.75 Å². The molecule has 0 aromatic heterocycles. The predicted molar refractivity (Wildman–Crippen MR) is 80.4 cm³/mol. The minimum absolute atomic E-state index is 0.238. The van der Waals surface area contributed by atoms with Gasteiger partial charge in [-0.05, 0) is 61.2 Å². The number of rotatable bonds is 2. The van der Waals surface area contributed by atoms with Gasteiger partial charge < -0.3 is 5.11 Å². The highest BCUT2D eigenvalue weighted by atomic mass is 32.2. The second-order valence-corrected chi connectivity index (χ2v) is 5.97. The van der Waals surface area contributed by atoms with E-state index in [2.05, 4.69) is 0 Å². The van der Waals surface area contributed by atoms with Crippen molar-refractivity contribution in [1.82, 2.24) is 4.31 Å². The van der Waals surface area contributed by atoms with Crippen LogP contribution >= 0.6 is 11.9 Å². The van der Waals surface area contributed by atoms with Crippen LogP contribution in [0.4, 0.5) is 0 Å². The number of hydrogen-bond acceptors (Lipinski definition) is 4. The van der Waals surface area contributed by atoms with Crippen LogP contribution < -0.4 is 0 Å². The molecule has 0 fully saturated rings. The molecular formula is C16H13NO3S. The molecular weight excluding hydrogens is 286 g/mol. The van der Waals surface area contributed by atoms with Gasteiger partial charge in [-0.3, -0.25) is 9.59 Å². The van der Waals surface area contributed by atoms with Crippen molar-refractivity contribution in [3.63, 3.8) is 0 Å². The number of aryl methyl sites for hydroxylation is 2. The highest BCUT2D eigenvalue weighted by Crippen LogP contribution is 2.35. The van der Waals surface area contributed by atoms with Gasteiger partial charge in [-0.2, -0.15) is 0 Å². The first-order valence-electron chi connectivity index (χ1n) is 6.45. The van der Waals surface area contributed by atoms with E-state index in [1.807, 2.05) is 0 Å². The SMILES string of the molecule is Cc1cc(SN2C(=O)c3ccccc3C2=O)cc(C)c1O. The first-order chi connectivity index (χ1) is 9.99. The molecule has 1 N–H and O–H groups in total. The molecule has 2 aromatic rings. The van der Waals surface area contributed by atoms with Crippen molar-refractivity contribution in [3.05, 3.63) is 58.7 Å². The molecule has 106 valence electrons. The minimum atomic E-state index is -0.302. The van der Waals surface area contributed by atoms with Crippen LogP contribution in [-0.4, -0.2) is 21.2 Å². The molecule has 0 unspecified atom stereocenters. The van der Waals surface area contributed by atoms with Crippen molar-refractivity contribution < 1.29 is 14.7 Å². The molecule has 5 heteroatoms. The first-order valence-corrected chi connectivity index (χ1v) is 7.22. The van der Waals surface area contributed by atoms with Crippen molar-refractivity contribution >= 4 is 23.8 Å². The summed E-state index contributed by atoms with van der Waals surface area (Å²) < 4.78 is 1.16. The fourth-order valence-corrected chi connectivity index (χ4v) is 3.36. The third kappa shape index (κ3) is 2.19. The van der Waals surface area contributed by atoms with E-state index < -0.39 is 0 Å². The molecule has 0 saturated heterocycles. The van der Waals surface area contributed by atoms with Crippen LogP contribution in [0.5, 0.6) is 5.75 Å². The zero-order valence-electron chi connectivity index (χ0n) is 11.6. The second kappa shape index (κ2) is 4.93. The monoisotopic (exact) mass is 299 g/mol. The number of phenolic OH excluding ortho intramolecular Hbond substituents is 1. The standard InChI is InChI=1S/C16H13NO3S/c1-9-7-11(8-10(2)14(9)18)21-17-15(19)12-5-3-4-6-13(12)16(17)20/h3-8,18H,1-2H3. The van der Waals surface area contributed by atoms with E-state index in [0.717, 1.165) is 21.1 Å². The number of carbonyl (C=O) groups excluding carboxylic acids is 2. The number of benzene rings is 2. The fourth-order valence-electron chi connectivity index (χ4n) is 2.32. The number of amides is 2. The fraction of sp³-hybridized carbons (Fsp3) is 0.125. The maximum atomic E-state index is 12.3. The van der Waals surface area contributed by atoms with E-state index in [9.17, 15) is 14.7 Å². The van der Waals surface area contributed by atoms with Gasteiger partial charge in [-0.15, -0.1) is 0 Å². The Hall–Kier alpha value is -2.27. The second-order valence-electron chi connectivity index (χ2n) is 4.95. The Kier molecular flexibility index (Phi) is 3.22. The van der Waals surface area contributed by atoms with E-state index in [0.29, 0.717) is 22.3 Å². The summed E-state index contributed by atoms with van der Waals surface area (Å²) in [5, 5.41) is 9.78. The Morgan fingerprint density at radius 1 is 0.952 bits per heavy atom. The van der Waals surface area contributed by atoms with Crippen LogP contribution in [0.15, 0.2) is 41.3 Å². The molecule has 2 aromatic carbocycles. The lowest BCUT2D eigenvalue weighted by Gasteiger charge is -2.14. The smallest absolute Gasteiger partial charge is 0.272 e. The van der Waals surface area contributed by atoms with E-state index in [1.165, 1.54) is 0 Å². The van der Waals surface area contributed by atoms with Gasteiger partial charge in [-0.1, -0.05) is 12.1 Å². The van der Waals surface area contributed by atoms with E-state index in [-0.39, 0.29) is 17.6 Å². The lowest BCUT2D eigenvalue weighted by molar-refractivity contribution is 0.0777. The summed E-state index contributed by atoms with van der Waals surface area (Å²) in [6, 6.07) is 10.3. The van der Waals surface area contributed by atoms with Gasteiger partial charge in [0.25, 0.3) is 11.8 Å². The first kappa shape index (κ1) is 13.7. The van der Waals surface area contributed by atoms with Crippen LogP contribution in [0.1, 0.15) is 31.8 Å². The summed E-state index contributed by atoms with van der Waals surface area (Å²) in [6.45, 7) is 3.57. The number of imide groups is 1. The maximum absolute atomic E-state index is 12.3. The molecule has 4 nitrogen and oxygen atoms in total.